The standard InChI is InChI=1S/C22H28ClN5OS/c1-26(2)12-13-27(3)22(30)25-20-21(29)28(4)18-11-10-16(23)14-17(18)19(24-20)15-8-6-5-7-9-15/h5-11,17,20H,12-14H2,1-4H3,(H,25,30). The second-order valence-corrected chi connectivity index (χ2v) is 8.69. The van der Waals surface area contributed by atoms with E-state index in [1.807, 2.05) is 68.5 Å². The lowest BCUT2D eigenvalue weighted by atomic mass is 9.87. The molecule has 2 unspecified atom stereocenters. The Labute approximate surface area is 188 Å². The van der Waals surface area contributed by atoms with E-state index < -0.39 is 6.17 Å². The predicted octanol–water partition coefficient (Wildman–Crippen LogP) is 2.67. The van der Waals surface area contributed by atoms with Crippen LogP contribution in [0.1, 0.15) is 12.0 Å². The number of aliphatic imine (C=N–C) groups is 1. The Kier molecular flexibility index (Phi) is 7.28. The first-order valence-corrected chi connectivity index (χ1v) is 10.7. The molecule has 0 bridgehead atoms. The molecule has 3 rings (SSSR count). The second-order valence-electron chi connectivity index (χ2n) is 7.82. The van der Waals surface area contributed by atoms with Gasteiger partial charge < -0.3 is 20.0 Å². The van der Waals surface area contributed by atoms with Crippen molar-refractivity contribution in [3.63, 3.8) is 0 Å². The lowest BCUT2D eigenvalue weighted by Crippen LogP contribution is -2.50. The van der Waals surface area contributed by atoms with Crippen LogP contribution in [0.15, 0.2) is 58.2 Å². The lowest BCUT2D eigenvalue weighted by Gasteiger charge is -2.29. The highest BCUT2D eigenvalue weighted by molar-refractivity contribution is 7.80. The third-order valence-corrected chi connectivity index (χ3v) is 6.01. The lowest BCUT2D eigenvalue weighted by molar-refractivity contribution is -0.129. The normalized spacial score (nSPS) is 21.3. The van der Waals surface area contributed by atoms with Crippen molar-refractivity contribution in [3.05, 3.63) is 58.8 Å². The molecule has 0 saturated heterocycles. The van der Waals surface area contributed by atoms with Gasteiger partial charge in [-0.05, 0) is 50.4 Å². The summed E-state index contributed by atoms with van der Waals surface area (Å²) in [6.07, 6.45) is 3.58. The number of thiocarbonyl (C=S) groups is 1. The number of carbonyl (C=O) groups is 1. The molecule has 0 saturated carbocycles. The summed E-state index contributed by atoms with van der Waals surface area (Å²) in [5.74, 6) is -0.238. The molecule has 160 valence electrons. The first kappa shape index (κ1) is 22.5. The zero-order valence-electron chi connectivity index (χ0n) is 17.8. The zero-order chi connectivity index (χ0) is 21.8. The molecule has 0 fully saturated rings. The summed E-state index contributed by atoms with van der Waals surface area (Å²) in [6, 6.07) is 9.93. The van der Waals surface area contributed by atoms with Crippen LogP contribution in [-0.2, 0) is 4.79 Å². The van der Waals surface area contributed by atoms with Crippen molar-refractivity contribution in [2.75, 3.05) is 41.3 Å². The summed E-state index contributed by atoms with van der Waals surface area (Å²) in [7, 11) is 7.72. The molecule has 0 spiro atoms. The third kappa shape index (κ3) is 5.09. The molecule has 0 aromatic heterocycles. The molecular formula is C22H28ClN5OS. The summed E-state index contributed by atoms with van der Waals surface area (Å²) < 4.78 is 0. The minimum Gasteiger partial charge on any atom is -0.351 e. The molecule has 1 aliphatic heterocycles. The molecule has 30 heavy (non-hydrogen) atoms. The molecule has 8 heteroatoms. The molecule has 6 nitrogen and oxygen atoms in total. The monoisotopic (exact) mass is 445 g/mol. The number of allylic oxidation sites excluding steroid dienone is 4. The summed E-state index contributed by atoms with van der Waals surface area (Å²) in [5, 5.41) is 4.41. The number of likely N-dealkylation sites (N-methyl/N-ethyl adjacent to an activating group) is 3. The van der Waals surface area contributed by atoms with Crippen LogP contribution in [0.3, 0.4) is 0 Å². The molecule has 2 aliphatic rings. The SMILES string of the molecule is CN(C)CCN(C)C(=S)NC1N=C(c2ccccc2)C2CC(Cl)=CC=C2N(C)C1=O. The van der Waals surface area contributed by atoms with Crippen LogP contribution < -0.4 is 5.32 Å². The summed E-state index contributed by atoms with van der Waals surface area (Å²) in [4.78, 5) is 23.8. The van der Waals surface area contributed by atoms with Crippen molar-refractivity contribution in [1.29, 1.82) is 0 Å². The van der Waals surface area contributed by atoms with Gasteiger partial charge in [0.1, 0.15) is 0 Å². The number of halogens is 1. The Morgan fingerprint density at radius 3 is 2.60 bits per heavy atom. The second kappa shape index (κ2) is 9.73. The highest BCUT2D eigenvalue weighted by Crippen LogP contribution is 2.34. The Morgan fingerprint density at radius 2 is 1.93 bits per heavy atom. The first-order chi connectivity index (χ1) is 14.3. The van der Waals surface area contributed by atoms with Crippen LogP contribution in [0, 0.1) is 5.92 Å². The fraction of sp³-hybridized carbons (Fsp3) is 0.409. The summed E-state index contributed by atoms with van der Waals surface area (Å²) >= 11 is 11.9. The number of rotatable bonds is 5. The third-order valence-electron chi connectivity index (χ3n) is 5.30. The molecule has 1 aromatic carbocycles. The maximum atomic E-state index is 13.3. The van der Waals surface area contributed by atoms with Crippen molar-refractivity contribution in [1.82, 2.24) is 20.0 Å². The Bertz CT molecular complexity index is 896. The summed E-state index contributed by atoms with van der Waals surface area (Å²) in [6.45, 7) is 1.60. The number of hydrogen-bond donors (Lipinski definition) is 1. The first-order valence-electron chi connectivity index (χ1n) is 9.91. The quantitative estimate of drug-likeness (QED) is 0.706. The largest absolute Gasteiger partial charge is 0.351 e. The van der Waals surface area contributed by atoms with Crippen molar-refractivity contribution in [2.24, 2.45) is 10.9 Å². The van der Waals surface area contributed by atoms with E-state index in [2.05, 4.69) is 10.2 Å². The minimum absolute atomic E-state index is 0.0920. The van der Waals surface area contributed by atoms with Crippen molar-refractivity contribution >= 4 is 40.6 Å². The molecule has 2 atom stereocenters. The van der Waals surface area contributed by atoms with E-state index in [1.54, 1.807) is 11.9 Å². The van der Waals surface area contributed by atoms with E-state index in [1.165, 1.54) is 0 Å². The van der Waals surface area contributed by atoms with E-state index >= 15 is 0 Å². The van der Waals surface area contributed by atoms with Gasteiger partial charge in [-0.25, -0.2) is 0 Å². The highest BCUT2D eigenvalue weighted by Gasteiger charge is 2.37. The van der Waals surface area contributed by atoms with Crippen LogP contribution in [0.2, 0.25) is 0 Å². The van der Waals surface area contributed by atoms with E-state index in [0.29, 0.717) is 11.5 Å². The molecule has 0 radical (unpaired) electrons. The fourth-order valence-corrected chi connectivity index (χ4v) is 3.91. The van der Waals surface area contributed by atoms with Crippen LogP contribution in [0.5, 0.6) is 0 Å². The Hall–Kier alpha value is -2.22. The minimum atomic E-state index is -0.801. The van der Waals surface area contributed by atoms with E-state index in [0.717, 1.165) is 35.1 Å². The van der Waals surface area contributed by atoms with Gasteiger partial charge in [0.05, 0.1) is 5.71 Å². The van der Waals surface area contributed by atoms with Gasteiger partial charge >= 0.3 is 0 Å². The average Bonchev–Trinajstić information content (AvgIpc) is 2.83. The van der Waals surface area contributed by atoms with Crippen LogP contribution in [0.25, 0.3) is 0 Å². The van der Waals surface area contributed by atoms with Crippen molar-refractivity contribution in [2.45, 2.75) is 12.6 Å². The highest BCUT2D eigenvalue weighted by atomic mass is 35.5. The Morgan fingerprint density at radius 1 is 1.23 bits per heavy atom. The van der Waals surface area contributed by atoms with Gasteiger partial charge in [0.2, 0.25) is 6.17 Å². The van der Waals surface area contributed by atoms with E-state index in [4.69, 9.17) is 28.8 Å². The number of hydrogen-bond acceptors (Lipinski definition) is 4. The number of nitrogens with zero attached hydrogens (tertiary/aromatic N) is 4. The zero-order valence-corrected chi connectivity index (χ0v) is 19.4. The maximum absolute atomic E-state index is 13.3. The van der Waals surface area contributed by atoms with Crippen molar-refractivity contribution in [3.8, 4) is 0 Å². The number of amides is 1. The predicted molar refractivity (Wildman–Crippen MR) is 127 cm³/mol. The van der Waals surface area contributed by atoms with Gasteiger partial charge in [-0.15, -0.1) is 0 Å². The van der Waals surface area contributed by atoms with E-state index in [9.17, 15) is 4.79 Å². The molecule has 1 aliphatic carbocycles. The van der Waals surface area contributed by atoms with Crippen LogP contribution in [-0.4, -0.2) is 78.9 Å². The number of fused-ring (bicyclic) bond motifs is 1. The van der Waals surface area contributed by atoms with Crippen LogP contribution in [0.4, 0.5) is 0 Å². The topological polar surface area (TPSA) is 51.2 Å². The van der Waals surface area contributed by atoms with E-state index in [-0.39, 0.29) is 11.8 Å². The number of benzene rings is 1. The van der Waals surface area contributed by atoms with Gasteiger partial charge in [-0.2, -0.15) is 0 Å². The van der Waals surface area contributed by atoms with Crippen LogP contribution >= 0.6 is 23.8 Å². The smallest absolute Gasteiger partial charge is 0.271 e. The molecule has 1 N–H and O–H groups in total. The number of nitrogens with one attached hydrogen (secondary N) is 1. The fourth-order valence-electron chi connectivity index (χ4n) is 3.49. The maximum Gasteiger partial charge on any atom is 0.271 e. The molecular weight excluding hydrogens is 418 g/mol. The van der Waals surface area contributed by atoms with Gasteiger partial charge in [-0.3, -0.25) is 9.79 Å². The Balaban J connectivity index is 1.94. The van der Waals surface area contributed by atoms with Gasteiger partial charge in [0, 0.05) is 43.8 Å². The molecule has 1 amide bonds. The molecule has 1 heterocycles. The van der Waals surface area contributed by atoms with Gasteiger partial charge in [-0.1, -0.05) is 41.9 Å². The van der Waals surface area contributed by atoms with Gasteiger partial charge in [0.25, 0.3) is 5.91 Å². The van der Waals surface area contributed by atoms with Crippen molar-refractivity contribution < 1.29 is 4.79 Å². The van der Waals surface area contributed by atoms with Gasteiger partial charge in [0.15, 0.2) is 5.11 Å². The number of carbonyl (C=O) groups excluding carboxylic acids is 1. The molecule has 1 aromatic rings. The average molecular weight is 446 g/mol. The summed E-state index contributed by atoms with van der Waals surface area (Å²) in [5.41, 5.74) is 2.70.